The summed E-state index contributed by atoms with van der Waals surface area (Å²) in [6.07, 6.45) is 3.76. The lowest BCUT2D eigenvalue weighted by Crippen LogP contribution is -2.37. The third-order valence-corrected chi connectivity index (χ3v) is 4.34. The number of hydrogen-bond acceptors (Lipinski definition) is 3. The Morgan fingerprint density at radius 2 is 2.00 bits per heavy atom. The summed E-state index contributed by atoms with van der Waals surface area (Å²) >= 11 is 1.72. The largest absolute Gasteiger partial charge is 0.356 e. The number of aryl methyl sites for hydroxylation is 1. The molecule has 126 valence electrons. The normalized spacial score (nSPS) is 11.0. The van der Waals surface area contributed by atoms with E-state index in [1.165, 1.54) is 17.0 Å². The third-order valence-electron chi connectivity index (χ3n) is 3.20. The zero-order valence-electron chi connectivity index (χ0n) is 13.3. The zero-order chi connectivity index (χ0) is 15.8. The van der Waals surface area contributed by atoms with Crippen LogP contribution in [0, 0.1) is 5.82 Å². The molecule has 1 heterocycles. The zero-order valence-corrected chi connectivity index (χ0v) is 16.5. The molecular formula is C16H22FIN4S. The molecule has 0 aliphatic heterocycles. The number of halogens is 2. The molecule has 1 aromatic heterocycles. The number of nitrogens with one attached hydrogen (secondary N) is 2. The van der Waals surface area contributed by atoms with Crippen LogP contribution in [0.15, 0.2) is 35.5 Å². The van der Waals surface area contributed by atoms with Crippen LogP contribution in [0.25, 0.3) is 0 Å². The van der Waals surface area contributed by atoms with Gasteiger partial charge in [-0.25, -0.2) is 9.37 Å². The maximum atomic E-state index is 12.8. The van der Waals surface area contributed by atoms with Crippen molar-refractivity contribution in [3.8, 4) is 0 Å². The topological polar surface area (TPSA) is 49.3 Å². The average molecular weight is 448 g/mol. The highest BCUT2D eigenvalue weighted by atomic mass is 127. The van der Waals surface area contributed by atoms with Crippen molar-refractivity contribution < 1.29 is 4.39 Å². The van der Waals surface area contributed by atoms with Crippen molar-refractivity contribution in [1.82, 2.24) is 15.6 Å². The molecule has 2 rings (SSSR count). The van der Waals surface area contributed by atoms with Crippen LogP contribution in [0.5, 0.6) is 0 Å². The Morgan fingerprint density at radius 1 is 1.26 bits per heavy atom. The number of aliphatic imine (C=N–C) groups is 1. The van der Waals surface area contributed by atoms with E-state index in [2.05, 4.69) is 27.5 Å². The van der Waals surface area contributed by atoms with Crippen LogP contribution in [-0.2, 0) is 19.4 Å². The standard InChI is InChI=1S/C16H21FN4S.HI/c1-3-14-10-20-15(22-14)11-21-16(18-2)19-9-8-12-4-6-13(17)7-5-12;/h4-7,10H,3,8-9,11H2,1-2H3,(H2,18,19,21);1H. The van der Waals surface area contributed by atoms with E-state index in [4.69, 9.17) is 0 Å². The highest BCUT2D eigenvalue weighted by Crippen LogP contribution is 2.12. The summed E-state index contributed by atoms with van der Waals surface area (Å²) in [5.74, 6) is 0.541. The molecule has 0 aliphatic rings. The van der Waals surface area contributed by atoms with E-state index in [-0.39, 0.29) is 29.8 Å². The van der Waals surface area contributed by atoms with Gasteiger partial charge < -0.3 is 10.6 Å². The number of aromatic nitrogens is 1. The molecule has 0 spiro atoms. The second-order valence-corrected chi connectivity index (χ2v) is 6.00. The Labute approximate surface area is 157 Å². The average Bonchev–Trinajstić information content (AvgIpc) is 3.00. The molecule has 0 unspecified atom stereocenters. The molecule has 0 aliphatic carbocycles. The van der Waals surface area contributed by atoms with Crippen molar-refractivity contribution >= 4 is 41.3 Å². The van der Waals surface area contributed by atoms with Crippen LogP contribution < -0.4 is 10.6 Å². The first kappa shape index (κ1) is 19.8. The molecule has 0 fully saturated rings. The third kappa shape index (κ3) is 6.82. The number of nitrogens with zero attached hydrogens (tertiary/aromatic N) is 2. The molecule has 2 N–H and O–H groups in total. The first-order valence-corrected chi connectivity index (χ1v) is 8.15. The van der Waals surface area contributed by atoms with Gasteiger partial charge in [0.1, 0.15) is 10.8 Å². The molecule has 1 aromatic carbocycles. The molecule has 0 saturated carbocycles. The fourth-order valence-electron chi connectivity index (χ4n) is 1.95. The maximum Gasteiger partial charge on any atom is 0.191 e. The van der Waals surface area contributed by atoms with Crippen LogP contribution in [0.1, 0.15) is 22.4 Å². The predicted octanol–water partition coefficient (Wildman–Crippen LogP) is 3.37. The van der Waals surface area contributed by atoms with Gasteiger partial charge in [0.25, 0.3) is 0 Å². The van der Waals surface area contributed by atoms with Gasteiger partial charge in [-0.2, -0.15) is 0 Å². The number of rotatable bonds is 6. The van der Waals surface area contributed by atoms with E-state index in [0.29, 0.717) is 6.54 Å². The van der Waals surface area contributed by atoms with Crippen LogP contribution in [0.2, 0.25) is 0 Å². The lowest BCUT2D eigenvalue weighted by molar-refractivity contribution is 0.626. The minimum absolute atomic E-state index is 0. The minimum atomic E-state index is -0.205. The summed E-state index contributed by atoms with van der Waals surface area (Å²) in [5.41, 5.74) is 1.09. The second kappa shape index (κ2) is 10.5. The van der Waals surface area contributed by atoms with Gasteiger partial charge in [0.05, 0.1) is 6.54 Å². The first-order valence-electron chi connectivity index (χ1n) is 7.33. The summed E-state index contributed by atoms with van der Waals surface area (Å²) in [7, 11) is 1.74. The van der Waals surface area contributed by atoms with Crippen molar-refractivity contribution in [2.24, 2.45) is 4.99 Å². The van der Waals surface area contributed by atoms with E-state index in [0.717, 1.165) is 35.9 Å². The summed E-state index contributed by atoms with van der Waals surface area (Å²) < 4.78 is 12.8. The van der Waals surface area contributed by atoms with Gasteiger partial charge in [-0.3, -0.25) is 4.99 Å². The molecule has 7 heteroatoms. The fraction of sp³-hybridized carbons (Fsp3) is 0.375. The number of hydrogen-bond donors (Lipinski definition) is 2. The lowest BCUT2D eigenvalue weighted by Gasteiger charge is -2.10. The Morgan fingerprint density at radius 3 is 2.61 bits per heavy atom. The first-order chi connectivity index (χ1) is 10.7. The van der Waals surface area contributed by atoms with Gasteiger partial charge in [0.2, 0.25) is 0 Å². The Balaban J connectivity index is 0.00000264. The molecular weight excluding hydrogens is 426 g/mol. The maximum absolute atomic E-state index is 12.8. The highest BCUT2D eigenvalue weighted by Gasteiger charge is 2.02. The van der Waals surface area contributed by atoms with Crippen molar-refractivity contribution in [3.05, 3.63) is 51.7 Å². The summed E-state index contributed by atoms with van der Waals surface area (Å²) in [5, 5.41) is 7.54. The van der Waals surface area contributed by atoms with Crippen LogP contribution in [0.4, 0.5) is 4.39 Å². The molecule has 0 saturated heterocycles. The summed E-state index contributed by atoms with van der Waals surface area (Å²) in [4.78, 5) is 9.84. The van der Waals surface area contributed by atoms with E-state index in [9.17, 15) is 4.39 Å². The Hall–Kier alpha value is -1.22. The lowest BCUT2D eigenvalue weighted by atomic mass is 10.1. The van der Waals surface area contributed by atoms with Crippen LogP contribution in [-0.4, -0.2) is 24.5 Å². The highest BCUT2D eigenvalue weighted by molar-refractivity contribution is 14.0. The summed E-state index contributed by atoms with van der Waals surface area (Å²) in [6.45, 7) is 3.53. The van der Waals surface area contributed by atoms with E-state index in [1.54, 1.807) is 30.5 Å². The van der Waals surface area contributed by atoms with Gasteiger partial charge in [-0.1, -0.05) is 19.1 Å². The van der Waals surface area contributed by atoms with E-state index in [1.807, 2.05) is 6.20 Å². The van der Waals surface area contributed by atoms with Crippen molar-refractivity contribution in [2.45, 2.75) is 26.3 Å². The molecule has 2 aromatic rings. The predicted molar refractivity (Wildman–Crippen MR) is 105 cm³/mol. The Bertz CT molecular complexity index is 613. The van der Waals surface area contributed by atoms with Crippen LogP contribution >= 0.6 is 35.3 Å². The molecule has 0 bridgehead atoms. The van der Waals surface area contributed by atoms with Gasteiger partial charge in [0.15, 0.2) is 5.96 Å². The molecule has 0 atom stereocenters. The van der Waals surface area contributed by atoms with Gasteiger partial charge in [0, 0.05) is 24.7 Å². The van der Waals surface area contributed by atoms with Crippen molar-refractivity contribution in [3.63, 3.8) is 0 Å². The molecule has 23 heavy (non-hydrogen) atoms. The quantitative estimate of drug-likeness (QED) is 0.405. The Kier molecular flexibility index (Phi) is 9.08. The fourth-order valence-corrected chi connectivity index (χ4v) is 2.75. The minimum Gasteiger partial charge on any atom is -0.356 e. The monoisotopic (exact) mass is 448 g/mol. The smallest absolute Gasteiger partial charge is 0.191 e. The molecule has 0 radical (unpaired) electrons. The van der Waals surface area contributed by atoms with Crippen LogP contribution in [0.3, 0.4) is 0 Å². The van der Waals surface area contributed by atoms with Crippen molar-refractivity contribution in [1.29, 1.82) is 0 Å². The molecule has 0 amide bonds. The molecule has 4 nitrogen and oxygen atoms in total. The summed E-state index contributed by atoms with van der Waals surface area (Å²) in [6, 6.07) is 6.57. The van der Waals surface area contributed by atoms with E-state index >= 15 is 0 Å². The van der Waals surface area contributed by atoms with Gasteiger partial charge in [-0.15, -0.1) is 35.3 Å². The van der Waals surface area contributed by atoms with Gasteiger partial charge >= 0.3 is 0 Å². The second-order valence-electron chi connectivity index (χ2n) is 4.80. The van der Waals surface area contributed by atoms with E-state index < -0.39 is 0 Å². The van der Waals surface area contributed by atoms with Gasteiger partial charge in [-0.05, 0) is 30.5 Å². The number of benzene rings is 1. The number of guanidine groups is 1. The van der Waals surface area contributed by atoms with Crippen molar-refractivity contribution in [2.75, 3.05) is 13.6 Å². The SMILES string of the molecule is CCc1cnc(CNC(=NC)NCCc2ccc(F)cc2)s1.I. The number of thiazole rings is 1.